The van der Waals surface area contributed by atoms with E-state index in [9.17, 15) is 4.79 Å². The number of halogens is 1. The summed E-state index contributed by atoms with van der Waals surface area (Å²) in [4.78, 5) is 29.9. The molecule has 1 saturated heterocycles. The molecule has 1 fully saturated rings. The van der Waals surface area contributed by atoms with Crippen molar-refractivity contribution < 1.29 is 0 Å². The standard InChI is InChI=1S/C27H32ClN7O/c1-5-34(20-8-10-33(4)11-9-20)24-14-23-21(13-22(24)28)27(36)31-25(30-23)12-19-6-7-26(29-15-19)35-16-17(2)18(3)32-35/h6-7,13-16,20H,5,8-12H2,1-4H3,(H,30,31,36). The molecule has 0 unspecified atom stereocenters. The third kappa shape index (κ3) is 4.88. The molecule has 9 heteroatoms. The van der Waals surface area contributed by atoms with E-state index in [1.807, 2.05) is 38.2 Å². The number of H-pyrrole nitrogens is 1. The Hall–Kier alpha value is -3.23. The highest BCUT2D eigenvalue weighted by Gasteiger charge is 2.24. The minimum absolute atomic E-state index is 0.183. The van der Waals surface area contributed by atoms with Gasteiger partial charge in [-0.25, -0.2) is 14.6 Å². The molecule has 5 rings (SSSR count). The fourth-order valence-electron chi connectivity index (χ4n) is 4.95. The number of aromatic amines is 1. The van der Waals surface area contributed by atoms with Crippen LogP contribution in [0, 0.1) is 13.8 Å². The number of hydrogen-bond donors (Lipinski definition) is 1. The summed E-state index contributed by atoms with van der Waals surface area (Å²) in [6.45, 7) is 9.15. The summed E-state index contributed by atoms with van der Waals surface area (Å²) >= 11 is 6.69. The Morgan fingerprint density at radius 2 is 1.97 bits per heavy atom. The van der Waals surface area contributed by atoms with Crippen LogP contribution in [0.5, 0.6) is 0 Å². The van der Waals surface area contributed by atoms with Crippen LogP contribution in [0.4, 0.5) is 5.69 Å². The van der Waals surface area contributed by atoms with Crippen LogP contribution in [0.15, 0.2) is 41.5 Å². The van der Waals surface area contributed by atoms with Gasteiger partial charge in [-0.1, -0.05) is 17.7 Å². The summed E-state index contributed by atoms with van der Waals surface area (Å²) in [5.74, 6) is 1.35. The van der Waals surface area contributed by atoms with Crippen LogP contribution >= 0.6 is 11.6 Å². The minimum atomic E-state index is -0.183. The Balaban J connectivity index is 1.42. The first-order chi connectivity index (χ1) is 17.3. The summed E-state index contributed by atoms with van der Waals surface area (Å²) in [5, 5.41) is 5.59. The highest BCUT2D eigenvalue weighted by Crippen LogP contribution is 2.32. The second kappa shape index (κ2) is 10.0. The van der Waals surface area contributed by atoms with Crippen LogP contribution in [0.2, 0.25) is 5.02 Å². The van der Waals surface area contributed by atoms with Crippen molar-refractivity contribution in [3.8, 4) is 5.82 Å². The molecule has 0 saturated carbocycles. The second-order valence-electron chi connectivity index (χ2n) is 9.70. The summed E-state index contributed by atoms with van der Waals surface area (Å²) < 4.78 is 1.78. The van der Waals surface area contributed by atoms with Crippen molar-refractivity contribution in [1.29, 1.82) is 0 Å². The van der Waals surface area contributed by atoms with E-state index in [4.69, 9.17) is 16.6 Å². The van der Waals surface area contributed by atoms with Gasteiger partial charge in [-0.05, 0) is 83.1 Å². The van der Waals surface area contributed by atoms with Gasteiger partial charge in [-0.3, -0.25) is 4.79 Å². The monoisotopic (exact) mass is 505 g/mol. The van der Waals surface area contributed by atoms with Crippen LogP contribution in [0.3, 0.4) is 0 Å². The number of nitrogens with one attached hydrogen (secondary N) is 1. The van der Waals surface area contributed by atoms with E-state index in [-0.39, 0.29) is 5.56 Å². The maximum Gasteiger partial charge on any atom is 0.258 e. The lowest BCUT2D eigenvalue weighted by Crippen LogP contribution is -2.44. The van der Waals surface area contributed by atoms with Gasteiger partial charge in [0.15, 0.2) is 5.82 Å². The normalized spacial score (nSPS) is 15.0. The number of aromatic nitrogens is 5. The molecular formula is C27H32ClN7O. The molecular weight excluding hydrogens is 474 g/mol. The highest BCUT2D eigenvalue weighted by molar-refractivity contribution is 6.34. The van der Waals surface area contributed by atoms with Crippen LogP contribution in [0.1, 0.15) is 42.4 Å². The Labute approximate surface area is 215 Å². The molecule has 0 bridgehead atoms. The maximum absolute atomic E-state index is 12.9. The lowest BCUT2D eigenvalue weighted by atomic mass is 10.0. The van der Waals surface area contributed by atoms with Gasteiger partial charge in [0.1, 0.15) is 5.82 Å². The summed E-state index contributed by atoms with van der Waals surface area (Å²) in [7, 11) is 2.16. The first-order valence-corrected chi connectivity index (χ1v) is 12.9. The molecule has 36 heavy (non-hydrogen) atoms. The van der Waals surface area contributed by atoms with Crippen molar-refractivity contribution in [3.05, 3.63) is 74.7 Å². The molecule has 0 radical (unpaired) electrons. The first kappa shape index (κ1) is 24.5. The zero-order valence-electron chi connectivity index (χ0n) is 21.3. The molecule has 0 spiro atoms. The fourth-order valence-corrected chi connectivity index (χ4v) is 5.22. The predicted molar refractivity (Wildman–Crippen MR) is 145 cm³/mol. The van der Waals surface area contributed by atoms with Crippen LogP contribution in [-0.2, 0) is 6.42 Å². The molecule has 3 aromatic heterocycles. The Bertz CT molecular complexity index is 1420. The van der Waals surface area contributed by atoms with E-state index in [1.165, 1.54) is 0 Å². The molecule has 1 aliphatic rings. The third-order valence-electron chi connectivity index (χ3n) is 7.16. The summed E-state index contributed by atoms with van der Waals surface area (Å²) in [6.07, 6.45) is 6.42. The summed E-state index contributed by atoms with van der Waals surface area (Å²) in [6, 6.07) is 8.07. The van der Waals surface area contributed by atoms with E-state index in [0.29, 0.717) is 34.2 Å². The lowest BCUT2D eigenvalue weighted by molar-refractivity contribution is 0.250. The van der Waals surface area contributed by atoms with E-state index in [1.54, 1.807) is 16.9 Å². The van der Waals surface area contributed by atoms with Gasteiger partial charge in [-0.15, -0.1) is 0 Å². The number of fused-ring (bicyclic) bond motifs is 1. The SMILES string of the molecule is CCN(c1cc2nc(Cc3ccc(-n4cc(C)c(C)n4)nc3)[nH]c(=O)c2cc1Cl)C1CCN(C)CC1. The number of likely N-dealkylation sites (tertiary alicyclic amines) is 1. The highest BCUT2D eigenvalue weighted by atomic mass is 35.5. The quantitative estimate of drug-likeness (QED) is 0.421. The van der Waals surface area contributed by atoms with Crippen molar-refractivity contribution in [2.24, 2.45) is 0 Å². The number of nitrogens with zero attached hydrogens (tertiary/aromatic N) is 6. The second-order valence-corrected chi connectivity index (χ2v) is 10.1. The smallest absolute Gasteiger partial charge is 0.258 e. The average Bonchev–Trinajstić information content (AvgIpc) is 3.20. The number of rotatable bonds is 6. The number of piperidine rings is 1. The predicted octanol–water partition coefficient (Wildman–Crippen LogP) is 4.29. The molecule has 1 aromatic carbocycles. The van der Waals surface area contributed by atoms with Gasteiger partial charge in [0.25, 0.3) is 5.56 Å². The van der Waals surface area contributed by atoms with Gasteiger partial charge < -0.3 is 14.8 Å². The zero-order chi connectivity index (χ0) is 25.4. The number of anilines is 1. The fraction of sp³-hybridized carbons (Fsp3) is 0.407. The maximum atomic E-state index is 12.9. The molecule has 4 heterocycles. The molecule has 188 valence electrons. The topological polar surface area (TPSA) is 82.9 Å². The third-order valence-corrected chi connectivity index (χ3v) is 7.46. The molecule has 4 aromatic rings. The first-order valence-electron chi connectivity index (χ1n) is 12.5. The Kier molecular flexibility index (Phi) is 6.81. The van der Waals surface area contributed by atoms with Gasteiger partial charge in [-0.2, -0.15) is 5.10 Å². The van der Waals surface area contributed by atoms with Crippen molar-refractivity contribution in [1.82, 2.24) is 29.6 Å². The molecule has 1 aliphatic heterocycles. The van der Waals surface area contributed by atoms with Crippen molar-refractivity contribution in [3.63, 3.8) is 0 Å². The number of hydrogen-bond acceptors (Lipinski definition) is 6. The Morgan fingerprint density at radius 1 is 1.19 bits per heavy atom. The molecule has 0 amide bonds. The van der Waals surface area contributed by atoms with Crippen molar-refractivity contribution in [2.75, 3.05) is 31.6 Å². The Morgan fingerprint density at radius 3 is 2.61 bits per heavy atom. The average molecular weight is 506 g/mol. The summed E-state index contributed by atoms with van der Waals surface area (Å²) in [5.41, 5.74) is 4.48. The largest absolute Gasteiger partial charge is 0.367 e. The van der Waals surface area contributed by atoms with Gasteiger partial charge in [0.2, 0.25) is 0 Å². The number of aryl methyl sites for hydroxylation is 2. The lowest BCUT2D eigenvalue weighted by Gasteiger charge is -2.38. The van der Waals surface area contributed by atoms with E-state index in [0.717, 1.165) is 60.8 Å². The molecule has 8 nitrogen and oxygen atoms in total. The zero-order valence-corrected chi connectivity index (χ0v) is 22.0. The van der Waals surface area contributed by atoms with Crippen LogP contribution in [-0.4, -0.2) is 62.4 Å². The molecule has 1 N–H and O–H groups in total. The molecule has 0 atom stereocenters. The van der Waals surface area contributed by atoms with E-state index < -0.39 is 0 Å². The van der Waals surface area contributed by atoms with Crippen molar-refractivity contribution in [2.45, 2.75) is 46.1 Å². The van der Waals surface area contributed by atoms with Gasteiger partial charge in [0, 0.05) is 31.4 Å². The number of pyridine rings is 1. The van der Waals surface area contributed by atoms with Gasteiger partial charge in [0.05, 0.1) is 27.3 Å². The van der Waals surface area contributed by atoms with Crippen LogP contribution in [0.25, 0.3) is 16.7 Å². The van der Waals surface area contributed by atoms with Gasteiger partial charge >= 0.3 is 0 Å². The van der Waals surface area contributed by atoms with Crippen LogP contribution < -0.4 is 10.5 Å². The van der Waals surface area contributed by atoms with E-state index in [2.05, 4.69) is 38.8 Å². The van der Waals surface area contributed by atoms with Crippen molar-refractivity contribution >= 4 is 28.2 Å². The molecule has 0 aliphatic carbocycles. The number of benzene rings is 1. The minimum Gasteiger partial charge on any atom is -0.367 e. The van der Waals surface area contributed by atoms with E-state index >= 15 is 0 Å².